The minimum atomic E-state index is -5.04. The Balaban J connectivity index is 2.03. The molecular weight excluding hydrogens is 504 g/mol. The standard InChI is InChI=1S/C19H15Cl2F7N4O/c1-8(33)29-5-9-6-30-17(31-15(9)16(24)25)32-3-2-18(7-32,19(26,27)28)10-4-11(20)14(23)12(21)13(10)22/h4,6,16H,2-3,5,7H2,1H3,(H,29,33). The van der Waals surface area contributed by atoms with Gasteiger partial charge in [-0.15, -0.1) is 0 Å². The number of nitrogens with one attached hydrogen (secondary N) is 1. The minimum absolute atomic E-state index is 0.117. The van der Waals surface area contributed by atoms with Crippen LogP contribution in [0.4, 0.5) is 36.7 Å². The normalized spacial score (nSPS) is 18.8. The zero-order chi connectivity index (χ0) is 24.7. The number of hydrogen-bond donors (Lipinski definition) is 1. The van der Waals surface area contributed by atoms with Crippen LogP contribution in [-0.4, -0.2) is 35.1 Å². The van der Waals surface area contributed by atoms with Gasteiger partial charge in [0.05, 0.1) is 5.02 Å². The summed E-state index contributed by atoms with van der Waals surface area (Å²) >= 11 is 11.1. The molecular formula is C19H15Cl2F7N4O. The number of nitrogens with zero attached hydrogens (tertiary/aromatic N) is 3. The number of hydrogen-bond acceptors (Lipinski definition) is 4. The van der Waals surface area contributed by atoms with Crippen molar-refractivity contribution in [3.63, 3.8) is 0 Å². The van der Waals surface area contributed by atoms with E-state index in [0.29, 0.717) is 6.07 Å². The second-order valence-electron chi connectivity index (χ2n) is 7.39. The van der Waals surface area contributed by atoms with Gasteiger partial charge in [-0.2, -0.15) is 13.2 Å². The molecule has 0 radical (unpaired) electrons. The summed E-state index contributed by atoms with van der Waals surface area (Å²) < 4.78 is 98.0. The molecule has 1 atom stereocenters. The van der Waals surface area contributed by atoms with Gasteiger partial charge in [-0.25, -0.2) is 27.5 Å². The van der Waals surface area contributed by atoms with Crippen LogP contribution in [0.5, 0.6) is 0 Å². The molecule has 33 heavy (non-hydrogen) atoms. The van der Waals surface area contributed by atoms with E-state index in [4.69, 9.17) is 23.2 Å². The highest BCUT2D eigenvalue weighted by Crippen LogP contribution is 2.50. The Morgan fingerprint density at radius 2 is 1.94 bits per heavy atom. The summed E-state index contributed by atoms with van der Waals surface area (Å²) in [6, 6.07) is 0.525. The first-order valence-electron chi connectivity index (χ1n) is 9.32. The van der Waals surface area contributed by atoms with Gasteiger partial charge in [0.15, 0.2) is 5.82 Å². The molecule has 180 valence electrons. The Morgan fingerprint density at radius 3 is 2.52 bits per heavy atom. The third-order valence-electron chi connectivity index (χ3n) is 5.33. The van der Waals surface area contributed by atoms with Crippen molar-refractivity contribution in [3.05, 3.63) is 50.8 Å². The van der Waals surface area contributed by atoms with Crippen LogP contribution in [-0.2, 0) is 16.8 Å². The van der Waals surface area contributed by atoms with Crippen molar-refractivity contribution < 1.29 is 35.5 Å². The smallest absolute Gasteiger partial charge is 0.352 e. The molecule has 3 rings (SSSR count). The van der Waals surface area contributed by atoms with Gasteiger partial charge in [-0.05, 0) is 12.5 Å². The summed E-state index contributed by atoms with van der Waals surface area (Å²) in [5.41, 5.74) is -4.72. The van der Waals surface area contributed by atoms with Crippen molar-refractivity contribution in [2.45, 2.75) is 37.9 Å². The summed E-state index contributed by atoms with van der Waals surface area (Å²) in [5, 5.41) is 0.333. The van der Waals surface area contributed by atoms with Crippen LogP contribution in [0.15, 0.2) is 12.3 Å². The lowest BCUT2D eigenvalue weighted by molar-refractivity contribution is -0.185. The summed E-state index contributed by atoms with van der Waals surface area (Å²) in [5.74, 6) is -3.95. The number of alkyl halides is 5. The third kappa shape index (κ3) is 4.68. The van der Waals surface area contributed by atoms with Crippen molar-refractivity contribution in [1.29, 1.82) is 0 Å². The average molecular weight is 519 g/mol. The van der Waals surface area contributed by atoms with Gasteiger partial charge in [-0.1, -0.05) is 23.2 Å². The van der Waals surface area contributed by atoms with Crippen molar-refractivity contribution >= 4 is 35.1 Å². The van der Waals surface area contributed by atoms with Crippen LogP contribution >= 0.6 is 23.2 Å². The van der Waals surface area contributed by atoms with E-state index in [-0.39, 0.29) is 18.7 Å². The Kier molecular flexibility index (Phi) is 6.99. The SMILES string of the molecule is CC(=O)NCc1cnc(N2CCC(c3cc(Cl)c(F)c(Cl)c3F)(C(F)(F)F)C2)nc1C(F)F. The van der Waals surface area contributed by atoms with E-state index in [9.17, 15) is 35.5 Å². The summed E-state index contributed by atoms with van der Waals surface area (Å²) in [4.78, 5) is 19.5. The van der Waals surface area contributed by atoms with Gasteiger partial charge < -0.3 is 10.2 Å². The Hall–Kier alpha value is -2.34. The molecule has 1 unspecified atom stereocenters. The lowest BCUT2D eigenvalue weighted by Crippen LogP contribution is -2.45. The largest absolute Gasteiger partial charge is 0.400 e. The molecule has 5 nitrogen and oxygen atoms in total. The summed E-state index contributed by atoms with van der Waals surface area (Å²) in [7, 11) is 0. The maximum Gasteiger partial charge on any atom is 0.400 e. The predicted octanol–water partition coefficient (Wildman–Crippen LogP) is 5.35. The lowest BCUT2D eigenvalue weighted by atomic mass is 9.78. The fourth-order valence-corrected chi connectivity index (χ4v) is 4.07. The van der Waals surface area contributed by atoms with Crippen LogP contribution in [0, 0.1) is 11.6 Å². The molecule has 1 amide bonds. The molecule has 1 aromatic carbocycles. The van der Waals surface area contributed by atoms with Crippen LogP contribution < -0.4 is 10.2 Å². The molecule has 0 aliphatic carbocycles. The fraction of sp³-hybridized carbons (Fsp3) is 0.421. The zero-order valence-electron chi connectivity index (χ0n) is 16.7. The van der Waals surface area contributed by atoms with Gasteiger partial charge in [-0.3, -0.25) is 4.79 Å². The maximum atomic E-state index is 14.7. The molecule has 1 saturated heterocycles. The van der Waals surface area contributed by atoms with Crippen LogP contribution in [0.2, 0.25) is 10.0 Å². The van der Waals surface area contributed by atoms with Crippen molar-refractivity contribution in [3.8, 4) is 0 Å². The van der Waals surface area contributed by atoms with E-state index in [1.807, 2.05) is 0 Å². The van der Waals surface area contributed by atoms with E-state index < -0.39 is 75.8 Å². The van der Waals surface area contributed by atoms with Crippen molar-refractivity contribution in [2.75, 3.05) is 18.0 Å². The Labute approximate surface area is 192 Å². The van der Waals surface area contributed by atoms with Gasteiger partial charge in [0.1, 0.15) is 21.9 Å². The van der Waals surface area contributed by atoms with Crippen LogP contribution in [0.1, 0.15) is 36.6 Å². The van der Waals surface area contributed by atoms with E-state index in [1.54, 1.807) is 0 Å². The lowest BCUT2D eigenvalue weighted by Gasteiger charge is -2.33. The molecule has 0 spiro atoms. The number of carbonyl (C=O) groups excluding carboxylic acids is 1. The number of halogens is 9. The zero-order valence-corrected chi connectivity index (χ0v) is 18.2. The first-order valence-corrected chi connectivity index (χ1v) is 10.1. The molecule has 1 N–H and O–H groups in total. The highest BCUT2D eigenvalue weighted by molar-refractivity contribution is 6.35. The van der Waals surface area contributed by atoms with E-state index in [2.05, 4.69) is 15.3 Å². The molecule has 2 aromatic rings. The Morgan fingerprint density at radius 1 is 1.27 bits per heavy atom. The van der Waals surface area contributed by atoms with Crippen molar-refractivity contribution in [1.82, 2.24) is 15.3 Å². The molecule has 0 saturated carbocycles. The molecule has 1 aromatic heterocycles. The molecule has 2 heterocycles. The third-order valence-corrected chi connectivity index (χ3v) is 5.94. The van der Waals surface area contributed by atoms with E-state index in [1.165, 1.54) is 6.92 Å². The number of rotatable bonds is 5. The second-order valence-corrected chi connectivity index (χ2v) is 8.18. The van der Waals surface area contributed by atoms with Crippen LogP contribution in [0.3, 0.4) is 0 Å². The van der Waals surface area contributed by atoms with Gasteiger partial charge in [0, 0.05) is 43.9 Å². The van der Waals surface area contributed by atoms with Gasteiger partial charge >= 0.3 is 6.18 Å². The highest BCUT2D eigenvalue weighted by atomic mass is 35.5. The second kappa shape index (κ2) is 9.13. The number of anilines is 1. The topological polar surface area (TPSA) is 58.1 Å². The fourth-order valence-electron chi connectivity index (χ4n) is 3.61. The number of amides is 1. The molecule has 1 fully saturated rings. The van der Waals surface area contributed by atoms with E-state index in [0.717, 1.165) is 11.1 Å². The quantitative estimate of drug-likeness (QED) is 0.329. The minimum Gasteiger partial charge on any atom is -0.352 e. The highest BCUT2D eigenvalue weighted by Gasteiger charge is 2.61. The molecule has 0 bridgehead atoms. The van der Waals surface area contributed by atoms with Crippen LogP contribution in [0.25, 0.3) is 0 Å². The molecule has 1 aliphatic rings. The van der Waals surface area contributed by atoms with Gasteiger partial charge in [0.2, 0.25) is 11.9 Å². The first kappa shape index (κ1) is 25.3. The maximum absolute atomic E-state index is 14.7. The predicted molar refractivity (Wildman–Crippen MR) is 105 cm³/mol. The van der Waals surface area contributed by atoms with Crippen molar-refractivity contribution in [2.24, 2.45) is 0 Å². The van der Waals surface area contributed by atoms with E-state index >= 15 is 0 Å². The van der Waals surface area contributed by atoms with Gasteiger partial charge in [0.25, 0.3) is 6.43 Å². The average Bonchev–Trinajstić information content (AvgIpc) is 3.19. The molecule has 14 heteroatoms. The number of benzene rings is 1. The molecule has 1 aliphatic heterocycles. The summed E-state index contributed by atoms with van der Waals surface area (Å²) in [6.45, 7) is -0.455. The monoisotopic (exact) mass is 518 g/mol. The number of carbonyl (C=O) groups is 1. The first-order chi connectivity index (χ1) is 15.3. The number of aromatic nitrogens is 2. The summed E-state index contributed by atoms with van der Waals surface area (Å²) in [6.07, 6.45) is -7.88. The Bertz CT molecular complexity index is 1080.